The summed E-state index contributed by atoms with van der Waals surface area (Å²) in [7, 11) is -1.41. The molecule has 0 unspecified atom stereocenters. The number of benzene rings is 1. The van der Waals surface area contributed by atoms with Crippen molar-refractivity contribution < 1.29 is 8.42 Å². The molecule has 2 rings (SSSR count). The van der Waals surface area contributed by atoms with Crippen LogP contribution in [0, 0.1) is 0 Å². The molecule has 0 spiro atoms. The Morgan fingerprint density at radius 3 is 2.35 bits per heavy atom. The van der Waals surface area contributed by atoms with Gasteiger partial charge in [-0.3, -0.25) is 4.99 Å². The molecular weight excluding hydrogens is 348 g/mol. The molecule has 0 aliphatic carbocycles. The quantitative estimate of drug-likeness (QED) is 0.604. The van der Waals surface area contributed by atoms with E-state index in [4.69, 9.17) is 0 Å². The summed E-state index contributed by atoms with van der Waals surface area (Å²) >= 11 is 0. The predicted molar refractivity (Wildman–Crippen MR) is 110 cm³/mol. The predicted octanol–water partition coefficient (Wildman–Crippen LogP) is 2.03. The van der Waals surface area contributed by atoms with Gasteiger partial charge in [0.05, 0.1) is 10.5 Å². The first-order valence-electron chi connectivity index (χ1n) is 9.22. The van der Waals surface area contributed by atoms with Gasteiger partial charge in [0.1, 0.15) is 0 Å². The molecule has 0 saturated carbocycles. The summed E-state index contributed by atoms with van der Waals surface area (Å²) in [6.45, 7) is 7.55. The molecule has 1 aliphatic heterocycles. The first-order valence-corrected chi connectivity index (χ1v) is 10.9. The normalized spacial score (nSPS) is 17.2. The van der Waals surface area contributed by atoms with Crippen molar-refractivity contribution in [1.29, 1.82) is 0 Å². The number of anilines is 1. The van der Waals surface area contributed by atoms with Gasteiger partial charge in [-0.25, -0.2) is 8.42 Å². The van der Waals surface area contributed by atoms with Gasteiger partial charge >= 0.3 is 0 Å². The molecule has 1 fully saturated rings. The van der Waals surface area contributed by atoms with E-state index >= 15 is 0 Å². The van der Waals surface area contributed by atoms with Crippen molar-refractivity contribution >= 4 is 21.5 Å². The van der Waals surface area contributed by atoms with Crippen LogP contribution in [0.1, 0.15) is 33.6 Å². The van der Waals surface area contributed by atoms with Crippen LogP contribution < -0.4 is 15.5 Å². The van der Waals surface area contributed by atoms with E-state index in [1.807, 2.05) is 6.07 Å². The van der Waals surface area contributed by atoms with Crippen molar-refractivity contribution in [2.24, 2.45) is 4.99 Å². The fraction of sp³-hybridized carbons (Fsp3) is 0.632. The summed E-state index contributed by atoms with van der Waals surface area (Å²) in [5.41, 5.74) is 1.26. The van der Waals surface area contributed by atoms with Gasteiger partial charge in [-0.05, 0) is 45.7 Å². The summed E-state index contributed by atoms with van der Waals surface area (Å²) in [5, 5.41) is 6.55. The first kappa shape index (κ1) is 20.6. The van der Waals surface area contributed by atoms with Crippen LogP contribution >= 0.6 is 0 Å². The number of hydrogen-bond acceptors (Lipinski definition) is 4. The highest BCUT2D eigenvalue weighted by molar-refractivity contribution is 7.92. The highest BCUT2D eigenvalue weighted by Crippen LogP contribution is 2.19. The third-order valence-corrected chi connectivity index (χ3v) is 7.38. The summed E-state index contributed by atoms with van der Waals surface area (Å²) in [6.07, 6.45) is 2.05. The Bertz CT molecular complexity index is 688. The van der Waals surface area contributed by atoms with E-state index in [0.29, 0.717) is 18.5 Å². The molecule has 0 bridgehead atoms. The molecule has 1 saturated heterocycles. The maximum absolute atomic E-state index is 12.2. The second-order valence-electron chi connectivity index (χ2n) is 7.67. The Balaban J connectivity index is 1.77. The SMILES string of the molecule is CN=C(NCCS(=O)(=O)C(C)(C)C)NC1CCN(c2ccccc2)CC1. The number of rotatable bonds is 5. The van der Waals surface area contributed by atoms with Crippen molar-refractivity contribution in [3.8, 4) is 0 Å². The van der Waals surface area contributed by atoms with Crippen LogP contribution in [-0.4, -0.2) is 57.6 Å². The number of hydrogen-bond donors (Lipinski definition) is 2. The van der Waals surface area contributed by atoms with Gasteiger partial charge < -0.3 is 15.5 Å². The van der Waals surface area contributed by atoms with Gasteiger partial charge in [-0.1, -0.05) is 18.2 Å². The number of para-hydroxylation sites is 1. The lowest BCUT2D eigenvalue weighted by atomic mass is 10.0. The van der Waals surface area contributed by atoms with Gasteiger partial charge in [0.2, 0.25) is 0 Å². The number of sulfone groups is 1. The van der Waals surface area contributed by atoms with Gasteiger partial charge in [0, 0.05) is 38.4 Å². The van der Waals surface area contributed by atoms with Crippen LogP contribution in [-0.2, 0) is 9.84 Å². The summed E-state index contributed by atoms with van der Waals surface area (Å²) in [4.78, 5) is 6.62. The molecule has 0 aromatic heterocycles. The van der Waals surface area contributed by atoms with E-state index in [9.17, 15) is 8.42 Å². The minimum atomic E-state index is -3.12. The van der Waals surface area contributed by atoms with Crippen LogP contribution in [0.25, 0.3) is 0 Å². The van der Waals surface area contributed by atoms with Crippen molar-refractivity contribution in [3.05, 3.63) is 30.3 Å². The van der Waals surface area contributed by atoms with Crippen molar-refractivity contribution in [3.63, 3.8) is 0 Å². The standard InChI is InChI=1S/C19H32N4O2S/c1-19(2,3)26(24,25)15-12-21-18(20-4)22-16-10-13-23(14-11-16)17-8-6-5-7-9-17/h5-9,16H,10-15H2,1-4H3,(H2,20,21,22). The highest BCUT2D eigenvalue weighted by atomic mass is 32.2. The monoisotopic (exact) mass is 380 g/mol. The van der Waals surface area contributed by atoms with Crippen molar-refractivity contribution in [1.82, 2.24) is 10.6 Å². The summed E-state index contributed by atoms with van der Waals surface area (Å²) in [6, 6.07) is 10.8. The van der Waals surface area contributed by atoms with Crippen LogP contribution in [0.2, 0.25) is 0 Å². The number of guanidine groups is 1. The second kappa shape index (κ2) is 8.75. The van der Waals surface area contributed by atoms with Crippen LogP contribution in [0.5, 0.6) is 0 Å². The minimum Gasteiger partial charge on any atom is -0.371 e. The molecule has 0 amide bonds. The van der Waals surface area contributed by atoms with E-state index in [1.165, 1.54) is 5.69 Å². The van der Waals surface area contributed by atoms with E-state index in [-0.39, 0.29) is 5.75 Å². The number of nitrogens with one attached hydrogen (secondary N) is 2. The highest BCUT2D eigenvalue weighted by Gasteiger charge is 2.28. The molecule has 7 heteroatoms. The Morgan fingerprint density at radius 1 is 1.19 bits per heavy atom. The lowest BCUT2D eigenvalue weighted by molar-refractivity contribution is 0.462. The van der Waals surface area contributed by atoms with Gasteiger partial charge in [-0.15, -0.1) is 0 Å². The zero-order chi connectivity index (χ0) is 19.2. The fourth-order valence-electron chi connectivity index (χ4n) is 2.92. The van der Waals surface area contributed by atoms with E-state index in [1.54, 1.807) is 27.8 Å². The molecular formula is C19H32N4O2S. The molecule has 146 valence electrons. The Hall–Kier alpha value is -1.76. The van der Waals surface area contributed by atoms with Gasteiger partial charge in [0.15, 0.2) is 15.8 Å². The Morgan fingerprint density at radius 2 is 1.81 bits per heavy atom. The number of nitrogens with zero attached hydrogens (tertiary/aromatic N) is 2. The van der Waals surface area contributed by atoms with Crippen LogP contribution in [0.3, 0.4) is 0 Å². The number of aliphatic imine (C=N–C) groups is 1. The molecule has 1 aromatic carbocycles. The zero-order valence-corrected chi connectivity index (χ0v) is 17.1. The average molecular weight is 381 g/mol. The Kier molecular flexibility index (Phi) is 6.92. The third kappa shape index (κ3) is 5.62. The fourth-order valence-corrected chi connectivity index (χ4v) is 3.90. The average Bonchev–Trinajstić information content (AvgIpc) is 2.61. The van der Waals surface area contributed by atoms with E-state index < -0.39 is 14.6 Å². The van der Waals surface area contributed by atoms with Crippen LogP contribution in [0.4, 0.5) is 5.69 Å². The Labute approximate surface area is 158 Å². The smallest absolute Gasteiger partial charge is 0.191 e. The van der Waals surface area contributed by atoms with Gasteiger partial charge in [-0.2, -0.15) is 0 Å². The van der Waals surface area contributed by atoms with Crippen molar-refractivity contribution in [2.45, 2.75) is 44.4 Å². The maximum atomic E-state index is 12.2. The molecule has 0 atom stereocenters. The molecule has 1 heterocycles. The topological polar surface area (TPSA) is 73.8 Å². The number of piperidine rings is 1. The lowest BCUT2D eigenvalue weighted by Gasteiger charge is -2.34. The zero-order valence-electron chi connectivity index (χ0n) is 16.3. The lowest BCUT2D eigenvalue weighted by Crippen LogP contribution is -2.49. The van der Waals surface area contributed by atoms with E-state index in [0.717, 1.165) is 25.9 Å². The minimum absolute atomic E-state index is 0.101. The maximum Gasteiger partial charge on any atom is 0.191 e. The van der Waals surface area contributed by atoms with Crippen LogP contribution in [0.15, 0.2) is 35.3 Å². The largest absolute Gasteiger partial charge is 0.371 e. The van der Waals surface area contributed by atoms with E-state index in [2.05, 4.69) is 44.8 Å². The molecule has 0 radical (unpaired) electrons. The molecule has 1 aromatic rings. The summed E-state index contributed by atoms with van der Waals surface area (Å²) < 4.78 is 23.6. The molecule has 26 heavy (non-hydrogen) atoms. The molecule has 2 N–H and O–H groups in total. The first-order chi connectivity index (χ1) is 12.2. The molecule has 1 aliphatic rings. The van der Waals surface area contributed by atoms with Crippen molar-refractivity contribution in [2.75, 3.05) is 37.3 Å². The summed E-state index contributed by atoms with van der Waals surface area (Å²) in [5.74, 6) is 0.774. The third-order valence-electron chi connectivity index (χ3n) is 4.78. The second-order valence-corrected chi connectivity index (χ2v) is 10.5. The van der Waals surface area contributed by atoms with Gasteiger partial charge in [0.25, 0.3) is 0 Å². The molecule has 6 nitrogen and oxygen atoms in total.